The zero-order chi connectivity index (χ0) is 19.6. The number of anilines is 1. The number of aliphatic hydroxyl groups excluding tert-OH is 1. The van der Waals surface area contributed by atoms with E-state index in [1.165, 1.54) is 11.1 Å². The minimum Gasteiger partial charge on any atom is -0.389 e. The molecule has 0 unspecified atom stereocenters. The van der Waals surface area contributed by atoms with E-state index in [-0.39, 0.29) is 29.0 Å². The van der Waals surface area contributed by atoms with Gasteiger partial charge in [-0.1, -0.05) is 17.7 Å². The number of hydrogen-bond donors (Lipinski definition) is 2. The zero-order valence-corrected chi connectivity index (χ0v) is 14.7. The Labute approximate surface area is 158 Å². The van der Waals surface area contributed by atoms with Crippen LogP contribution in [0.5, 0.6) is 0 Å². The summed E-state index contributed by atoms with van der Waals surface area (Å²) < 4.78 is 38.0. The van der Waals surface area contributed by atoms with E-state index in [0.717, 1.165) is 6.07 Å². The van der Waals surface area contributed by atoms with Gasteiger partial charge in [-0.25, -0.2) is 4.98 Å². The molecule has 1 amide bonds. The van der Waals surface area contributed by atoms with Crippen molar-refractivity contribution in [2.24, 2.45) is 0 Å². The lowest BCUT2D eigenvalue weighted by molar-refractivity contribution is -0.137. The van der Waals surface area contributed by atoms with Gasteiger partial charge in [0.2, 0.25) is 0 Å². The summed E-state index contributed by atoms with van der Waals surface area (Å²) in [6.45, 7) is 0.410. The lowest BCUT2D eigenvalue weighted by Crippen LogP contribution is -2.51. The van der Waals surface area contributed by atoms with Gasteiger partial charge in [-0.2, -0.15) is 13.2 Å². The molecule has 1 aliphatic rings. The Balaban J connectivity index is 1.65. The van der Waals surface area contributed by atoms with Crippen molar-refractivity contribution in [2.45, 2.75) is 24.7 Å². The lowest BCUT2D eigenvalue weighted by atomic mass is 10.0. The Kier molecular flexibility index (Phi) is 5.52. The van der Waals surface area contributed by atoms with Gasteiger partial charge in [0.15, 0.2) is 0 Å². The molecule has 2 aromatic rings. The van der Waals surface area contributed by atoms with Crippen molar-refractivity contribution in [3.8, 4) is 0 Å². The smallest absolute Gasteiger partial charge is 0.389 e. The number of nitrogens with zero attached hydrogens (tertiary/aromatic N) is 3. The molecule has 3 rings (SSSR count). The van der Waals surface area contributed by atoms with Crippen LogP contribution in [0.4, 0.5) is 19.0 Å². The highest BCUT2D eigenvalue weighted by Gasteiger charge is 2.33. The highest BCUT2D eigenvalue weighted by atomic mass is 35.5. The van der Waals surface area contributed by atoms with Gasteiger partial charge in [-0.3, -0.25) is 9.78 Å². The molecule has 0 saturated carbocycles. The minimum absolute atomic E-state index is 0.0539. The third kappa shape index (κ3) is 4.48. The van der Waals surface area contributed by atoms with Crippen LogP contribution in [0, 0.1) is 0 Å². The first kappa shape index (κ1) is 19.4. The molecule has 2 N–H and O–H groups in total. The van der Waals surface area contributed by atoms with Gasteiger partial charge in [0.25, 0.3) is 5.91 Å². The van der Waals surface area contributed by atoms with Gasteiger partial charge >= 0.3 is 6.18 Å². The summed E-state index contributed by atoms with van der Waals surface area (Å²) in [5.74, 6) is -0.239. The molecular weight excluding hydrogens is 385 g/mol. The quantitative estimate of drug-likeness (QED) is 0.828. The number of carbonyl (C=O) groups is 1. The van der Waals surface area contributed by atoms with Crippen LogP contribution in [0.2, 0.25) is 5.02 Å². The van der Waals surface area contributed by atoms with Crippen LogP contribution in [0.3, 0.4) is 0 Å². The summed E-state index contributed by atoms with van der Waals surface area (Å²) in [5.41, 5.74) is -0.669. The van der Waals surface area contributed by atoms with E-state index in [1.807, 2.05) is 0 Å². The second-order valence-electron chi connectivity index (χ2n) is 6.13. The molecule has 0 radical (unpaired) electrons. The molecular formula is C17H16ClF3N4O2. The van der Waals surface area contributed by atoms with E-state index in [1.54, 1.807) is 18.2 Å². The van der Waals surface area contributed by atoms with Crippen molar-refractivity contribution >= 4 is 23.3 Å². The van der Waals surface area contributed by atoms with Gasteiger partial charge in [-0.05, 0) is 24.6 Å². The van der Waals surface area contributed by atoms with Crippen LogP contribution in [0.1, 0.15) is 22.5 Å². The third-order valence-corrected chi connectivity index (χ3v) is 4.53. The molecule has 1 fully saturated rings. The maximum atomic E-state index is 12.7. The zero-order valence-electron chi connectivity index (χ0n) is 13.9. The molecule has 144 valence electrons. The van der Waals surface area contributed by atoms with Crippen LogP contribution >= 0.6 is 11.6 Å². The molecule has 10 heteroatoms. The van der Waals surface area contributed by atoms with Crippen LogP contribution in [-0.4, -0.2) is 51.1 Å². The Hall–Kier alpha value is -2.39. The van der Waals surface area contributed by atoms with Crippen LogP contribution in [-0.2, 0) is 6.18 Å². The fourth-order valence-electron chi connectivity index (χ4n) is 2.81. The van der Waals surface area contributed by atoms with Crippen LogP contribution < -0.4 is 5.32 Å². The van der Waals surface area contributed by atoms with E-state index in [2.05, 4.69) is 15.3 Å². The molecule has 0 aliphatic carbocycles. The first-order chi connectivity index (χ1) is 12.8. The molecule has 0 bridgehead atoms. The Bertz CT molecular complexity index is 820. The number of likely N-dealkylation sites (tertiary alicyclic amines) is 1. The molecule has 2 aromatic heterocycles. The molecule has 0 spiro atoms. The lowest BCUT2D eigenvalue weighted by Gasteiger charge is -2.36. The van der Waals surface area contributed by atoms with Gasteiger partial charge in [0.05, 0.1) is 22.7 Å². The molecule has 6 nitrogen and oxygen atoms in total. The number of pyridine rings is 2. The average Bonchev–Trinajstić information content (AvgIpc) is 2.64. The van der Waals surface area contributed by atoms with Gasteiger partial charge in [0, 0.05) is 25.5 Å². The fourth-order valence-corrected chi connectivity index (χ4v) is 3.03. The first-order valence-corrected chi connectivity index (χ1v) is 8.51. The molecule has 0 aromatic carbocycles. The Morgan fingerprint density at radius 1 is 1.33 bits per heavy atom. The fraction of sp³-hybridized carbons (Fsp3) is 0.353. The molecule has 2 atom stereocenters. The topological polar surface area (TPSA) is 78.4 Å². The average molecular weight is 401 g/mol. The maximum absolute atomic E-state index is 12.7. The maximum Gasteiger partial charge on any atom is 0.417 e. The number of alkyl halides is 3. The number of piperidine rings is 1. The number of rotatable bonds is 3. The highest BCUT2D eigenvalue weighted by molar-refractivity contribution is 6.33. The summed E-state index contributed by atoms with van der Waals surface area (Å²) in [6.07, 6.45) is -2.91. The standard InChI is InChI=1S/C17H16ClF3N4O2/c18-11-7-10(17(19,20)21)8-23-15(11)24-12-4-6-25(9-14(12)26)16(27)13-3-1-2-5-22-13/h1-3,5,7-8,12,14,26H,4,6,9H2,(H,23,24)/t12-,14-/m1/s1. The summed E-state index contributed by atoms with van der Waals surface area (Å²) in [7, 11) is 0. The summed E-state index contributed by atoms with van der Waals surface area (Å²) in [5, 5.41) is 13.0. The van der Waals surface area contributed by atoms with Crippen molar-refractivity contribution in [1.82, 2.24) is 14.9 Å². The van der Waals surface area contributed by atoms with Gasteiger partial charge in [0.1, 0.15) is 11.5 Å². The normalized spacial score (nSPS) is 20.4. The number of amides is 1. The van der Waals surface area contributed by atoms with Crippen molar-refractivity contribution in [1.29, 1.82) is 0 Å². The first-order valence-electron chi connectivity index (χ1n) is 8.13. The Morgan fingerprint density at radius 2 is 2.11 bits per heavy atom. The number of aliphatic hydroxyl groups is 1. The molecule has 1 saturated heterocycles. The van der Waals surface area contributed by atoms with Crippen molar-refractivity contribution in [3.05, 3.63) is 52.9 Å². The second-order valence-corrected chi connectivity index (χ2v) is 6.53. The van der Waals surface area contributed by atoms with Crippen LogP contribution in [0.25, 0.3) is 0 Å². The molecule has 3 heterocycles. The summed E-state index contributed by atoms with van der Waals surface area (Å²) in [6, 6.07) is 5.26. The Morgan fingerprint density at radius 3 is 2.70 bits per heavy atom. The van der Waals surface area contributed by atoms with Crippen molar-refractivity contribution in [3.63, 3.8) is 0 Å². The van der Waals surface area contributed by atoms with Gasteiger partial charge in [-0.15, -0.1) is 0 Å². The largest absolute Gasteiger partial charge is 0.417 e. The van der Waals surface area contributed by atoms with E-state index in [9.17, 15) is 23.1 Å². The predicted molar refractivity (Wildman–Crippen MR) is 92.4 cm³/mol. The number of aromatic nitrogens is 2. The highest BCUT2D eigenvalue weighted by Crippen LogP contribution is 2.33. The molecule has 27 heavy (non-hydrogen) atoms. The van der Waals surface area contributed by atoms with Crippen LogP contribution in [0.15, 0.2) is 36.7 Å². The van der Waals surface area contributed by atoms with E-state index < -0.39 is 23.9 Å². The van der Waals surface area contributed by atoms with Crippen molar-refractivity contribution in [2.75, 3.05) is 18.4 Å². The number of β-amino-alcohol motifs (C(OH)–C–C–N with tert-alkyl or cyclic N) is 1. The van der Waals surface area contributed by atoms with E-state index in [4.69, 9.17) is 11.6 Å². The SMILES string of the molecule is O=C(c1ccccn1)N1CC[C@@H](Nc2ncc(C(F)(F)F)cc2Cl)[C@H](O)C1. The number of carbonyl (C=O) groups excluding carboxylic acids is 1. The summed E-state index contributed by atoms with van der Waals surface area (Å²) >= 11 is 5.88. The third-order valence-electron chi connectivity index (χ3n) is 4.24. The van der Waals surface area contributed by atoms with Crippen molar-refractivity contribution < 1.29 is 23.1 Å². The number of hydrogen-bond acceptors (Lipinski definition) is 5. The number of halogens is 4. The molecule has 1 aliphatic heterocycles. The van der Waals surface area contributed by atoms with E-state index >= 15 is 0 Å². The second kappa shape index (κ2) is 7.69. The monoisotopic (exact) mass is 400 g/mol. The number of nitrogens with one attached hydrogen (secondary N) is 1. The predicted octanol–water partition coefficient (Wildman–Crippen LogP) is 2.84. The minimum atomic E-state index is -4.54. The van der Waals surface area contributed by atoms with Gasteiger partial charge < -0.3 is 15.3 Å². The summed E-state index contributed by atoms with van der Waals surface area (Å²) in [4.78, 5) is 21.6. The van der Waals surface area contributed by atoms with E-state index in [0.29, 0.717) is 19.2 Å².